The number of amides is 1. The van der Waals surface area contributed by atoms with Crippen molar-refractivity contribution in [3.63, 3.8) is 0 Å². The van der Waals surface area contributed by atoms with Crippen LogP contribution in [0.5, 0.6) is 0 Å². The van der Waals surface area contributed by atoms with Gasteiger partial charge in [0, 0.05) is 25.8 Å². The van der Waals surface area contributed by atoms with Gasteiger partial charge in [0.2, 0.25) is 15.9 Å². The third-order valence-electron chi connectivity index (χ3n) is 4.89. The van der Waals surface area contributed by atoms with Gasteiger partial charge >= 0.3 is 0 Å². The number of nitrogens with one attached hydrogen (secondary N) is 1. The largest absolute Gasteiger partial charge is 0.350 e. The van der Waals surface area contributed by atoms with Crippen molar-refractivity contribution in [2.45, 2.75) is 43.7 Å². The zero-order chi connectivity index (χ0) is 20.9. The van der Waals surface area contributed by atoms with E-state index in [1.165, 1.54) is 34.8 Å². The number of sulfonamides is 1. The summed E-state index contributed by atoms with van der Waals surface area (Å²) in [6.07, 6.45) is 4.87. The Morgan fingerprint density at radius 1 is 1.03 bits per heavy atom. The van der Waals surface area contributed by atoms with Crippen LogP contribution in [0.2, 0.25) is 0 Å². The average Bonchev–Trinajstić information content (AvgIpc) is 2.99. The molecule has 0 unspecified atom stereocenters. The van der Waals surface area contributed by atoms with Crippen LogP contribution < -0.4 is 10.9 Å². The van der Waals surface area contributed by atoms with Gasteiger partial charge in [-0.15, -0.1) is 0 Å². The standard InChI is InChI=1S/C20H24FN3O4S/c21-17-9-7-16(8-10-17)14-22-19(25)15-23-11-5-6-18(20(23)26)29(27,28)24-12-3-1-2-4-13-24/h5-11H,1-4,12-15H2,(H,22,25). The van der Waals surface area contributed by atoms with Crippen molar-refractivity contribution in [2.75, 3.05) is 13.1 Å². The fraction of sp³-hybridized carbons (Fsp3) is 0.400. The maximum atomic E-state index is 12.9. The van der Waals surface area contributed by atoms with Gasteiger partial charge in [-0.2, -0.15) is 4.31 Å². The molecule has 1 aliphatic heterocycles. The van der Waals surface area contributed by atoms with Crippen LogP contribution in [0.15, 0.2) is 52.3 Å². The molecule has 1 aliphatic rings. The zero-order valence-corrected chi connectivity index (χ0v) is 16.8. The highest BCUT2D eigenvalue weighted by atomic mass is 32.2. The highest BCUT2D eigenvalue weighted by Gasteiger charge is 2.28. The lowest BCUT2D eigenvalue weighted by Gasteiger charge is -2.20. The Labute approximate surface area is 169 Å². The predicted molar refractivity (Wildman–Crippen MR) is 106 cm³/mol. The molecule has 0 radical (unpaired) electrons. The Balaban J connectivity index is 1.71. The predicted octanol–water partition coefficient (Wildman–Crippen LogP) is 1.87. The maximum absolute atomic E-state index is 12.9. The molecule has 0 bridgehead atoms. The molecule has 29 heavy (non-hydrogen) atoms. The maximum Gasteiger partial charge on any atom is 0.271 e. The van der Waals surface area contributed by atoms with Crippen molar-refractivity contribution in [3.05, 3.63) is 64.3 Å². The Kier molecular flexibility index (Phi) is 6.81. The first-order valence-corrected chi connectivity index (χ1v) is 11.0. The number of rotatable bonds is 6. The van der Waals surface area contributed by atoms with E-state index < -0.39 is 21.5 Å². The summed E-state index contributed by atoms with van der Waals surface area (Å²) in [6, 6.07) is 8.44. The highest BCUT2D eigenvalue weighted by Crippen LogP contribution is 2.17. The molecule has 0 aliphatic carbocycles. The molecule has 1 aromatic carbocycles. The van der Waals surface area contributed by atoms with E-state index in [1.807, 2.05) is 0 Å². The number of benzene rings is 1. The summed E-state index contributed by atoms with van der Waals surface area (Å²) in [5, 5.41) is 2.64. The molecular formula is C20H24FN3O4S. The van der Waals surface area contributed by atoms with Gasteiger partial charge in [0.15, 0.2) is 0 Å². The van der Waals surface area contributed by atoms with E-state index in [0.29, 0.717) is 18.7 Å². The molecule has 0 saturated carbocycles. The average molecular weight is 421 g/mol. The molecule has 1 N–H and O–H groups in total. The first-order valence-electron chi connectivity index (χ1n) is 9.59. The summed E-state index contributed by atoms with van der Waals surface area (Å²) in [7, 11) is -3.90. The second-order valence-corrected chi connectivity index (χ2v) is 8.93. The van der Waals surface area contributed by atoms with E-state index in [4.69, 9.17) is 0 Å². The molecule has 7 nitrogen and oxygen atoms in total. The second kappa shape index (κ2) is 9.32. The van der Waals surface area contributed by atoms with Crippen molar-refractivity contribution < 1.29 is 17.6 Å². The van der Waals surface area contributed by atoms with Crippen LogP contribution in [0.3, 0.4) is 0 Å². The monoisotopic (exact) mass is 421 g/mol. The van der Waals surface area contributed by atoms with Crippen molar-refractivity contribution in [1.29, 1.82) is 0 Å². The van der Waals surface area contributed by atoms with E-state index in [-0.39, 0.29) is 23.8 Å². The van der Waals surface area contributed by atoms with Crippen LogP contribution in [0.4, 0.5) is 4.39 Å². The Morgan fingerprint density at radius 2 is 1.69 bits per heavy atom. The third-order valence-corrected chi connectivity index (χ3v) is 6.80. The summed E-state index contributed by atoms with van der Waals surface area (Å²) in [6.45, 7) is 0.673. The Bertz CT molecular complexity index is 1010. The van der Waals surface area contributed by atoms with Gasteiger partial charge < -0.3 is 9.88 Å². The molecule has 0 spiro atoms. The molecule has 1 amide bonds. The topological polar surface area (TPSA) is 88.5 Å². The number of carbonyl (C=O) groups excluding carboxylic acids is 1. The van der Waals surface area contributed by atoms with Crippen LogP contribution >= 0.6 is 0 Å². The number of pyridine rings is 1. The van der Waals surface area contributed by atoms with Gasteiger partial charge in [-0.05, 0) is 42.7 Å². The Morgan fingerprint density at radius 3 is 2.34 bits per heavy atom. The number of halogens is 1. The lowest BCUT2D eigenvalue weighted by Crippen LogP contribution is -2.38. The van der Waals surface area contributed by atoms with Crippen LogP contribution in [0, 0.1) is 5.82 Å². The second-order valence-electron chi connectivity index (χ2n) is 7.03. The summed E-state index contributed by atoms with van der Waals surface area (Å²) in [5.41, 5.74) is -0.00160. The Hall–Kier alpha value is -2.52. The van der Waals surface area contributed by atoms with Crippen molar-refractivity contribution in [3.8, 4) is 0 Å². The fourth-order valence-corrected chi connectivity index (χ4v) is 4.88. The number of hydrogen-bond acceptors (Lipinski definition) is 4. The van der Waals surface area contributed by atoms with Crippen molar-refractivity contribution in [1.82, 2.24) is 14.2 Å². The molecule has 1 saturated heterocycles. The van der Waals surface area contributed by atoms with E-state index in [2.05, 4.69) is 5.32 Å². The number of aromatic nitrogens is 1. The summed E-state index contributed by atoms with van der Waals surface area (Å²) >= 11 is 0. The van der Waals surface area contributed by atoms with E-state index in [0.717, 1.165) is 30.3 Å². The van der Waals surface area contributed by atoms with Gasteiger partial charge in [0.05, 0.1) is 0 Å². The molecule has 1 aromatic heterocycles. The molecule has 2 aromatic rings. The first-order chi connectivity index (χ1) is 13.9. The van der Waals surface area contributed by atoms with Crippen LogP contribution in [0.1, 0.15) is 31.2 Å². The van der Waals surface area contributed by atoms with Gasteiger partial charge in [-0.1, -0.05) is 25.0 Å². The quantitative estimate of drug-likeness (QED) is 0.771. The normalized spacial score (nSPS) is 15.6. The zero-order valence-electron chi connectivity index (χ0n) is 16.0. The summed E-state index contributed by atoms with van der Waals surface area (Å²) < 4.78 is 41.2. The molecule has 1 fully saturated rings. The molecule has 0 atom stereocenters. The van der Waals surface area contributed by atoms with E-state index in [9.17, 15) is 22.4 Å². The van der Waals surface area contributed by atoms with Crippen LogP contribution in [-0.2, 0) is 27.9 Å². The van der Waals surface area contributed by atoms with Crippen LogP contribution in [-0.4, -0.2) is 36.3 Å². The fourth-order valence-electron chi connectivity index (χ4n) is 3.27. The minimum absolute atomic E-state index is 0.180. The highest BCUT2D eigenvalue weighted by molar-refractivity contribution is 7.89. The minimum Gasteiger partial charge on any atom is -0.350 e. The van der Waals surface area contributed by atoms with Gasteiger partial charge in [-0.25, -0.2) is 12.8 Å². The smallest absolute Gasteiger partial charge is 0.271 e. The lowest BCUT2D eigenvalue weighted by molar-refractivity contribution is -0.121. The minimum atomic E-state index is -3.90. The lowest BCUT2D eigenvalue weighted by atomic mass is 10.2. The molecule has 2 heterocycles. The summed E-state index contributed by atoms with van der Waals surface area (Å²) in [4.78, 5) is 24.6. The number of nitrogens with zero attached hydrogens (tertiary/aromatic N) is 2. The third kappa shape index (κ3) is 5.30. The first kappa shape index (κ1) is 21.2. The molecular weight excluding hydrogens is 397 g/mol. The van der Waals surface area contributed by atoms with E-state index >= 15 is 0 Å². The van der Waals surface area contributed by atoms with E-state index in [1.54, 1.807) is 12.1 Å². The van der Waals surface area contributed by atoms with Crippen molar-refractivity contribution >= 4 is 15.9 Å². The molecule has 9 heteroatoms. The van der Waals surface area contributed by atoms with Gasteiger partial charge in [-0.3, -0.25) is 9.59 Å². The number of hydrogen-bond donors (Lipinski definition) is 1. The molecule has 3 rings (SSSR count). The summed E-state index contributed by atoms with van der Waals surface area (Å²) in [5.74, 6) is -0.810. The molecule has 156 valence electrons. The van der Waals surface area contributed by atoms with Crippen LogP contribution in [0.25, 0.3) is 0 Å². The number of carbonyl (C=O) groups is 1. The van der Waals surface area contributed by atoms with Gasteiger partial charge in [0.25, 0.3) is 5.56 Å². The SMILES string of the molecule is O=C(Cn1cccc(S(=O)(=O)N2CCCCCC2)c1=O)NCc1ccc(F)cc1. The van der Waals surface area contributed by atoms with Gasteiger partial charge in [0.1, 0.15) is 17.3 Å². The van der Waals surface area contributed by atoms with Crippen molar-refractivity contribution in [2.24, 2.45) is 0 Å².